The number of nitrogens with two attached hydrogens (primary N) is 1. The van der Waals surface area contributed by atoms with Crippen LogP contribution in [0.1, 0.15) is 31.0 Å². The Morgan fingerprint density at radius 3 is 2.68 bits per heavy atom. The molecule has 0 aromatic carbocycles. The molecule has 104 valence electrons. The molecular formula is C15H22N2O2. The van der Waals surface area contributed by atoms with Gasteiger partial charge in [-0.05, 0) is 30.9 Å². The monoisotopic (exact) mass is 262 g/mol. The second kappa shape index (κ2) is 6.26. The Balaban J connectivity index is 2.05. The molecule has 0 atom stereocenters. The predicted octanol–water partition coefficient (Wildman–Crippen LogP) is 1.51. The number of ketones is 1. The fourth-order valence-electron chi connectivity index (χ4n) is 2.48. The van der Waals surface area contributed by atoms with Crippen LogP contribution < -0.4 is 5.73 Å². The van der Waals surface area contributed by atoms with Crippen LogP contribution in [0.4, 0.5) is 0 Å². The van der Waals surface area contributed by atoms with E-state index in [1.165, 1.54) is 5.56 Å². The topological polar surface area (TPSA) is 65.2 Å². The Kier molecular flexibility index (Phi) is 4.66. The number of rotatable bonds is 5. The van der Waals surface area contributed by atoms with Gasteiger partial charge in [0.1, 0.15) is 5.78 Å². The Bertz CT molecular complexity index is 422. The number of aryl methyl sites for hydroxylation is 1. The van der Waals surface area contributed by atoms with E-state index < -0.39 is 5.41 Å². The van der Waals surface area contributed by atoms with Gasteiger partial charge in [0.15, 0.2) is 0 Å². The summed E-state index contributed by atoms with van der Waals surface area (Å²) in [4.78, 5) is 16.9. The van der Waals surface area contributed by atoms with Gasteiger partial charge in [-0.15, -0.1) is 0 Å². The molecule has 1 aromatic rings. The molecular weight excluding hydrogens is 240 g/mol. The molecule has 0 amide bonds. The van der Waals surface area contributed by atoms with Gasteiger partial charge in [-0.2, -0.15) is 0 Å². The molecule has 4 nitrogen and oxygen atoms in total. The van der Waals surface area contributed by atoms with E-state index in [0.29, 0.717) is 26.2 Å². The fourth-order valence-corrected chi connectivity index (χ4v) is 2.48. The summed E-state index contributed by atoms with van der Waals surface area (Å²) in [5.74, 6) is 0.204. The molecule has 0 aliphatic carbocycles. The van der Waals surface area contributed by atoms with Crippen molar-refractivity contribution in [2.24, 2.45) is 11.1 Å². The number of carbonyl (C=O) groups is 1. The number of aromatic nitrogens is 1. The van der Waals surface area contributed by atoms with Crippen LogP contribution in [0.25, 0.3) is 0 Å². The summed E-state index contributed by atoms with van der Waals surface area (Å²) in [7, 11) is 0. The smallest absolute Gasteiger partial charge is 0.146 e. The van der Waals surface area contributed by atoms with Crippen LogP contribution in [-0.4, -0.2) is 30.5 Å². The lowest BCUT2D eigenvalue weighted by atomic mass is 9.75. The van der Waals surface area contributed by atoms with E-state index in [-0.39, 0.29) is 5.78 Å². The average molecular weight is 262 g/mol. The highest BCUT2D eigenvalue weighted by Gasteiger charge is 2.38. The van der Waals surface area contributed by atoms with E-state index in [2.05, 4.69) is 11.9 Å². The third-order valence-corrected chi connectivity index (χ3v) is 4.07. The van der Waals surface area contributed by atoms with Crippen LogP contribution in [0, 0.1) is 5.41 Å². The van der Waals surface area contributed by atoms with Crippen LogP contribution >= 0.6 is 0 Å². The van der Waals surface area contributed by atoms with E-state index in [1.807, 2.05) is 18.3 Å². The van der Waals surface area contributed by atoms with E-state index >= 15 is 0 Å². The van der Waals surface area contributed by atoms with Crippen LogP contribution in [0.3, 0.4) is 0 Å². The molecule has 0 radical (unpaired) electrons. The molecule has 1 aliphatic rings. The molecule has 1 saturated heterocycles. The van der Waals surface area contributed by atoms with E-state index in [9.17, 15) is 4.79 Å². The van der Waals surface area contributed by atoms with Crippen molar-refractivity contribution in [2.45, 2.75) is 32.6 Å². The van der Waals surface area contributed by atoms with Crippen LogP contribution in [0.2, 0.25) is 0 Å². The van der Waals surface area contributed by atoms with Gasteiger partial charge in [0.25, 0.3) is 0 Å². The van der Waals surface area contributed by atoms with Gasteiger partial charge in [0, 0.05) is 43.5 Å². The lowest BCUT2D eigenvalue weighted by Crippen LogP contribution is -2.44. The molecule has 0 spiro atoms. The van der Waals surface area contributed by atoms with Crippen molar-refractivity contribution in [2.75, 3.05) is 19.8 Å². The minimum Gasteiger partial charge on any atom is -0.381 e. The van der Waals surface area contributed by atoms with Crippen molar-refractivity contribution in [3.63, 3.8) is 0 Å². The summed E-state index contributed by atoms with van der Waals surface area (Å²) in [6, 6.07) is 3.98. The van der Waals surface area contributed by atoms with Gasteiger partial charge in [-0.1, -0.05) is 13.0 Å². The van der Waals surface area contributed by atoms with Crippen molar-refractivity contribution >= 4 is 5.78 Å². The zero-order valence-electron chi connectivity index (χ0n) is 11.5. The quantitative estimate of drug-likeness (QED) is 0.873. The normalized spacial score (nSPS) is 18.2. The third-order valence-electron chi connectivity index (χ3n) is 4.07. The first-order valence-corrected chi connectivity index (χ1v) is 6.95. The van der Waals surface area contributed by atoms with Crippen molar-refractivity contribution in [1.29, 1.82) is 0 Å². The average Bonchev–Trinajstić information content (AvgIpc) is 2.48. The van der Waals surface area contributed by atoms with Gasteiger partial charge in [0.05, 0.1) is 0 Å². The number of ether oxygens (including phenoxy) is 1. The number of carbonyl (C=O) groups excluding carboxylic acids is 1. The van der Waals surface area contributed by atoms with E-state index in [4.69, 9.17) is 10.5 Å². The van der Waals surface area contributed by atoms with Gasteiger partial charge in [-0.25, -0.2) is 0 Å². The molecule has 1 aromatic heterocycles. The lowest BCUT2D eigenvalue weighted by Gasteiger charge is -2.34. The molecule has 0 unspecified atom stereocenters. The maximum Gasteiger partial charge on any atom is 0.146 e. The molecule has 1 aliphatic heterocycles. The first-order chi connectivity index (χ1) is 9.20. The Morgan fingerprint density at radius 1 is 1.42 bits per heavy atom. The summed E-state index contributed by atoms with van der Waals surface area (Å²) in [6.45, 7) is 3.76. The third kappa shape index (κ3) is 3.19. The maximum atomic E-state index is 12.5. The first-order valence-electron chi connectivity index (χ1n) is 6.95. The largest absolute Gasteiger partial charge is 0.381 e. The minimum absolute atomic E-state index is 0.204. The molecule has 0 bridgehead atoms. The molecule has 0 saturated carbocycles. The molecule has 1 fully saturated rings. The Morgan fingerprint density at radius 2 is 2.16 bits per heavy atom. The summed E-state index contributed by atoms with van der Waals surface area (Å²) in [6.07, 6.45) is 4.65. The summed E-state index contributed by atoms with van der Waals surface area (Å²) < 4.78 is 5.33. The second-order valence-corrected chi connectivity index (χ2v) is 5.21. The minimum atomic E-state index is -0.399. The second-order valence-electron chi connectivity index (χ2n) is 5.21. The Hall–Kier alpha value is -1.26. The fraction of sp³-hybridized carbons (Fsp3) is 0.600. The van der Waals surface area contributed by atoms with E-state index in [1.54, 1.807) is 0 Å². The van der Waals surface area contributed by atoms with Crippen molar-refractivity contribution in [3.8, 4) is 0 Å². The van der Waals surface area contributed by atoms with Gasteiger partial charge < -0.3 is 10.5 Å². The predicted molar refractivity (Wildman–Crippen MR) is 73.9 cm³/mol. The SMILES string of the molecule is CCc1ccc(CC(=O)C2(CN)CCOCC2)nc1. The maximum absolute atomic E-state index is 12.5. The molecule has 2 N–H and O–H groups in total. The number of nitrogens with zero attached hydrogens (tertiary/aromatic N) is 1. The van der Waals surface area contributed by atoms with Crippen molar-refractivity contribution < 1.29 is 9.53 Å². The highest BCUT2D eigenvalue weighted by molar-refractivity contribution is 5.86. The molecule has 4 heteroatoms. The Labute approximate surface area is 114 Å². The number of hydrogen-bond acceptors (Lipinski definition) is 4. The molecule has 19 heavy (non-hydrogen) atoms. The van der Waals surface area contributed by atoms with Crippen molar-refractivity contribution in [3.05, 3.63) is 29.6 Å². The number of hydrogen-bond donors (Lipinski definition) is 1. The van der Waals surface area contributed by atoms with E-state index in [0.717, 1.165) is 25.0 Å². The lowest BCUT2D eigenvalue weighted by molar-refractivity contribution is -0.132. The molecule has 2 rings (SSSR count). The van der Waals surface area contributed by atoms with Crippen LogP contribution in [-0.2, 0) is 22.4 Å². The van der Waals surface area contributed by atoms with Gasteiger partial charge in [0.2, 0.25) is 0 Å². The standard InChI is InChI=1S/C15H22N2O2/c1-2-12-3-4-13(17-10-12)9-14(18)15(11-16)5-7-19-8-6-15/h3-4,10H,2,5-9,11,16H2,1H3. The first kappa shape index (κ1) is 14.2. The summed E-state index contributed by atoms with van der Waals surface area (Å²) >= 11 is 0. The highest BCUT2D eigenvalue weighted by atomic mass is 16.5. The highest BCUT2D eigenvalue weighted by Crippen LogP contribution is 2.31. The zero-order valence-corrected chi connectivity index (χ0v) is 11.5. The number of Topliss-reactive ketones (excluding diaryl/α,β-unsaturated/α-hetero) is 1. The zero-order chi connectivity index (χ0) is 13.7. The van der Waals surface area contributed by atoms with Gasteiger partial charge >= 0.3 is 0 Å². The summed E-state index contributed by atoms with van der Waals surface area (Å²) in [5.41, 5.74) is 7.47. The number of pyridine rings is 1. The summed E-state index contributed by atoms with van der Waals surface area (Å²) in [5, 5.41) is 0. The van der Waals surface area contributed by atoms with Gasteiger partial charge in [-0.3, -0.25) is 9.78 Å². The van der Waals surface area contributed by atoms with Crippen LogP contribution in [0.5, 0.6) is 0 Å². The van der Waals surface area contributed by atoms with Crippen LogP contribution in [0.15, 0.2) is 18.3 Å². The van der Waals surface area contributed by atoms with Crippen molar-refractivity contribution in [1.82, 2.24) is 4.98 Å². The molecule has 2 heterocycles.